The lowest BCUT2D eigenvalue weighted by molar-refractivity contribution is -0.115. The molecule has 1 aliphatic rings. The number of amides is 1. The van der Waals surface area contributed by atoms with Gasteiger partial charge in [-0.15, -0.1) is 0 Å². The van der Waals surface area contributed by atoms with E-state index in [1.165, 1.54) is 11.8 Å². The van der Waals surface area contributed by atoms with E-state index in [2.05, 4.69) is 14.9 Å². The standard InChI is InChI=1S/C22H15Cl4N3OS/c1-11-8-13(12(2)29(11)14-6-7-15(23)17(25)10-14)9-19-21(30)28-22(31-19)27-18-5-3-4-16(24)20(18)26/h3-10H,1-2H3,(H,27,28,30)/b19-9+. The van der Waals surface area contributed by atoms with Gasteiger partial charge in [0, 0.05) is 17.1 Å². The van der Waals surface area contributed by atoms with E-state index in [9.17, 15) is 4.79 Å². The number of rotatable bonds is 3. The topological polar surface area (TPSA) is 46.4 Å². The number of nitrogens with one attached hydrogen (secondary N) is 1. The molecule has 2 aromatic carbocycles. The summed E-state index contributed by atoms with van der Waals surface area (Å²) in [5.74, 6) is -0.221. The summed E-state index contributed by atoms with van der Waals surface area (Å²) >= 11 is 25.7. The zero-order valence-electron chi connectivity index (χ0n) is 16.3. The molecule has 158 valence electrons. The summed E-state index contributed by atoms with van der Waals surface area (Å²) in [4.78, 5) is 17.5. The molecule has 0 aliphatic carbocycles. The Labute approximate surface area is 203 Å². The lowest BCUT2D eigenvalue weighted by Crippen LogP contribution is -2.19. The van der Waals surface area contributed by atoms with Crippen LogP contribution in [0.3, 0.4) is 0 Å². The molecule has 1 saturated heterocycles. The summed E-state index contributed by atoms with van der Waals surface area (Å²) in [6.45, 7) is 3.98. The van der Waals surface area contributed by atoms with Crippen LogP contribution in [0, 0.1) is 13.8 Å². The summed E-state index contributed by atoms with van der Waals surface area (Å²) < 4.78 is 2.06. The predicted octanol–water partition coefficient (Wildman–Crippen LogP) is 7.60. The van der Waals surface area contributed by atoms with Crippen molar-refractivity contribution in [2.75, 3.05) is 0 Å². The molecule has 4 nitrogen and oxygen atoms in total. The highest BCUT2D eigenvalue weighted by Gasteiger charge is 2.25. The molecular weight excluding hydrogens is 496 g/mol. The van der Waals surface area contributed by atoms with Crippen LogP contribution in [0.1, 0.15) is 17.0 Å². The molecule has 31 heavy (non-hydrogen) atoms. The van der Waals surface area contributed by atoms with Gasteiger partial charge < -0.3 is 9.88 Å². The van der Waals surface area contributed by atoms with Crippen LogP contribution in [0.4, 0.5) is 5.69 Å². The highest BCUT2D eigenvalue weighted by molar-refractivity contribution is 8.18. The molecule has 1 fully saturated rings. The van der Waals surface area contributed by atoms with Crippen LogP contribution in [-0.4, -0.2) is 15.6 Å². The van der Waals surface area contributed by atoms with Crippen molar-refractivity contribution in [3.63, 3.8) is 0 Å². The second-order valence-corrected chi connectivity index (χ2v) is 9.45. The highest BCUT2D eigenvalue weighted by Crippen LogP contribution is 2.35. The molecule has 0 radical (unpaired) electrons. The van der Waals surface area contributed by atoms with Crippen LogP contribution in [0.25, 0.3) is 11.8 Å². The van der Waals surface area contributed by atoms with E-state index < -0.39 is 0 Å². The van der Waals surface area contributed by atoms with E-state index in [1.54, 1.807) is 24.3 Å². The third-order valence-electron chi connectivity index (χ3n) is 4.72. The van der Waals surface area contributed by atoms with Crippen molar-refractivity contribution in [1.29, 1.82) is 0 Å². The number of aromatic nitrogens is 1. The smallest absolute Gasteiger partial charge is 0.264 e. The average Bonchev–Trinajstić information content (AvgIpc) is 3.20. The van der Waals surface area contributed by atoms with Gasteiger partial charge in [0.05, 0.1) is 30.7 Å². The number of nitrogens with zero attached hydrogens (tertiary/aromatic N) is 2. The first-order chi connectivity index (χ1) is 14.7. The van der Waals surface area contributed by atoms with Crippen LogP contribution >= 0.6 is 58.2 Å². The first-order valence-corrected chi connectivity index (χ1v) is 11.5. The molecule has 1 aliphatic heterocycles. The Morgan fingerprint density at radius 2 is 1.77 bits per heavy atom. The van der Waals surface area contributed by atoms with Gasteiger partial charge in [0.25, 0.3) is 5.91 Å². The van der Waals surface area contributed by atoms with Crippen LogP contribution in [0.5, 0.6) is 0 Å². The van der Waals surface area contributed by atoms with E-state index in [0.29, 0.717) is 35.9 Å². The van der Waals surface area contributed by atoms with Crippen molar-refractivity contribution >= 4 is 81.0 Å². The van der Waals surface area contributed by atoms with Gasteiger partial charge in [-0.25, -0.2) is 4.99 Å². The minimum Gasteiger partial charge on any atom is -0.318 e. The van der Waals surface area contributed by atoms with Gasteiger partial charge in [0.1, 0.15) is 0 Å². The number of halogens is 4. The van der Waals surface area contributed by atoms with E-state index in [0.717, 1.165) is 22.6 Å². The summed E-state index contributed by atoms with van der Waals surface area (Å²) in [6.07, 6.45) is 1.85. The number of thioether (sulfide) groups is 1. The first-order valence-electron chi connectivity index (χ1n) is 9.12. The molecule has 0 bridgehead atoms. The van der Waals surface area contributed by atoms with Gasteiger partial charge in [-0.3, -0.25) is 4.79 Å². The normalized spacial score (nSPS) is 16.4. The van der Waals surface area contributed by atoms with Crippen molar-refractivity contribution in [3.8, 4) is 5.69 Å². The maximum Gasteiger partial charge on any atom is 0.264 e. The first kappa shape index (κ1) is 22.3. The highest BCUT2D eigenvalue weighted by atomic mass is 35.5. The van der Waals surface area contributed by atoms with Crippen molar-refractivity contribution < 1.29 is 4.79 Å². The largest absolute Gasteiger partial charge is 0.318 e. The minimum absolute atomic E-state index is 0.221. The maximum atomic E-state index is 12.5. The Hall–Kier alpha value is -1.89. The molecule has 4 rings (SSSR count). The quantitative estimate of drug-likeness (QED) is 0.368. The number of hydrogen-bond donors (Lipinski definition) is 1. The zero-order valence-corrected chi connectivity index (χ0v) is 20.2. The lowest BCUT2D eigenvalue weighted by Gasteiger charge is -2.10. The Balaban J connectivity index is 1.66. The summed E-state index contributed by atoms with van der Waals surface area (Å²) in [7, 11) is 0. The maximum absolute atomic E-state index is 12.5. The number of hydrogen-bond acceptors (Lipinski definition) is 3. The Kier molecular flexibility index (Phi) is 6.42. The number of carbonyl (C=O) groups excluding carboxylic acids is 1. The Morgan fingerprint density at radius 1 is 1.00 bits per heavy atom. The van der Waals surface area contributed by atoms with Crippen LogP contribution in [-0.2, 0) is 4.79 Å². The van der Waals surface area contributed by atoms with Crippen molar-refractivity contribution in [1.82, 2.24) is 9.88 Å². The third-order valence-corrected chi connectivity index (χ3v) is 7.18. The second-order valence-electron chi connectivity index (χ2n) is 6.81. The number of aliphatic imine (C=N–C) groups is 1. The number of aryl methyl sites for hydroxylation is 1. The number of amidine groups is 1. The summed E-state index contributed by atoms with van der Waals surface area (Å²) in [5.41, 5.74) is 4.29. The van der Waals surface area contributed by atoms with E-state index in [1.807, 2.05) is 38.1 Å². The van der Waals surface area contributed by atoms with Crippen molar-refractivity contribution in [2.45, 2.75) is 13.8 Å². The van der Waals surface area contributed by atoms with Crippen molar-refractivity contribution in [3.05, 3.63) is 84.4 Å². The van der Waals surface area contributed by atoms with Gasteiger partial charge in [-0.1, -0.05) is 52.5 Å². The molecule has 1 N–H and O–H groups in total. The van der Waals surface area contributed by atoms with Crippen LogP contribution in [0.15, 0.2) is 52.4 Å². The second kappa shape index (κ2) is 8.93. The SMILES string of the molecule is Cc1cc(/C=C2/SC(=Nc3cccc(Cl)c3Cl)NC2=O)c(C)n1-c1ccc(Cl)c(Cl)c1. The van der Waals surface area contributed by atoms with Crippen LogP contribution < -0.4 is 5.32 Å². The zero-order chi connectivity index (χ0) is 22.3. The van der Waals surface area contributed by atoms with Crippen LogP contribution in [0.2, 0.25) is 20.1 Å². The van der Waals surface area contributed by atoms with Crippen molar-refractivity contribution in [2.24, 2.45) is 4.99 Å². The molecule has 0 atom stereocenters. The van der Waals surface area contributed by atoms with Gasteiger partial charge >= 0.3 is 0 Å². The fourth-order valence-corrected chi connectivity index (χ4v) is 4.72. The average molecular weight is 511 g/mol. The number of benzene rings is 2. The molecular formula is C22H15Cl4N3OS. The molecule has 0 saturated carbocycles. The van der Waals surface area contributed by atoms with Gasteiger partial charge in [-0.05, 0) is 73.6 Å². The van der Waals surface area contributed by atoms with E-state index >= 15 is 0 Å². The molecule has 9 heteroatoms. The molecule has 0 spiro atoms. The minimum atomic E-state index is -0.221. The van der Waals surface area contributed by atoms with Gasteiger partial charge in [-0.2, -0.15) is 0 Å². The van der Waals surface area contributed by atoms with Gasteiger partial charge in [0.2, 0.25) is 0 Å². The van der Waals surface area contributed by atoms with E-state index in [-0.39, 0.29) is 5.91 Å². The molecule has 1 aromatic heterocycles. The predicted molar refractivity (Wildman–Crippen MR) is 133 cm³/mol. The summed E-state index contributed by atoms with van der Waals surface area (Å²) in [5, 5.41) is 4.95. The monoisotopic (exact) mass is 509 g/mol. The molecule has 0 unspecified atom stereocenters. The Morgan fingerprint density at radius 3 is 2.52 bits per heavy atom. The number of carbonyl (C=O) groups is 1. The van der Waals surface area contributed by atoms with Gasteiger partial charge in [0.15, 0.2) is 5.17 Å². The fourth-order valence-electron chi connectivity index (χ4n) is 3.27. The Bertz CT molecular complexity index is 1280. The fraction of sp³-hybridized carbons (Fsp3) is 0.0909. The van der Waals surface area contributed by atoms with E-state index in [4.69, 9.17) is 46.4 Å². The molecule has 2 heterocycles. The lowest BCUT2D eigenvalue weighted by atomic mass is 10.2. The molecule has 1 amide bonds. The molecule has 3 aromatic rings. The third kappa shape index (κ3) is 4.52. The summed E-state index contributed by atoms with van der Waals surface area (Å²) in [6, 6.07) is 12.7.